The first kappa shape index (κ1) is 19.7. The lowest BCUT2D eigenvalue weighted by Crippen LogP contribution is -2.32. The van der Waals surface area contributed by atoms with Crippen LogP contribution in [0.25, 0.3) is 0 Å². The molecule has 0 heterocycles. The van der Waals surface area contributed by atoms with Gasteiger partial charge in [-0.05, 0) is 33.4 Å². The van der Waals surface area contributed by atoms with Crippen molar-refractivity contribution in [2.45, 2.75) is 20.3 Å². The third kappa shape index (κ3) is 16.3. The highest BCUT2D eigenvalue weighted by Crippen LogP contribution is 1.83. The van der Waals surface area contributed by atoms with Crippen LogP contribution in [0.5, 0.6) is 0 Å². The SMILES string of the molecule is C=C(C)C(=O)NCCNCCCN.C=C(C)C(N)=O. The molecule has 6 N–H and O–H groups in total. The zero-order valence-electron chi connectivity index (χ0n) is 11.9. The number of nitrogens with one attached hydrogen (secondary N) is 2. The standard InChI is InChI=1S/C9H19N3O.C4H7NO/c1-8(2)9(13)12-7-6-11-5-3-4-10;1-3(2)4(5)6/h11H,1,3-7,10H2,2H3,(H,12,13);1H2,2H3,(H2,5,6). The summed E-state index contributed by atoms with van der Waals surface area (Å²) in [5.41, 5.74) is 10.9. The van der Waals surface area contributed by atoms with Crippen LogP contribution in [-0.4, -0.2) is 38.0 Å². The Kier molecular flexibility index (Phi) is 13.2. The Labute approximate surface area is 115 Å². The van der Waals surface area contributed by atoms with E-state index in [1.165, 1.54) is 0 Å². The van der Waals surface area contributed by atoms with Crippen molar-refractivity contribution >= 4 is 11.8 Å². The van der Waals surface area contributed by atoms with Crippen LogP contribution in [-0.2, 0) is 9.59 Å². The lowest BCUT2D eigenvalue weighted by molar-refractivity contribution is -0.117. The fraction of sp³-hybridized carbons (Fsp3) is 0.538. The Morgan fingerprint density at radius 3 is 1.95 bits per heavy atom. The van der Waals surface area contributed by atoms with E-state index in [4.69, 9.17) is 11.5 Å². The second-order valence-corrected chi connectivity index (χ2v) is 4.07. The van der Waals surface area contributed by atoms with E-state index in [1.807, 2.05) is 0 Å². The van der Waals surface area contributed by atoms with Gasteiger partial charge in [-0.1, -0.05) is 13.2 Å². The van der Waals surface area contributed by atoms with Crippen LogP contribution in [0.3, 0.4) is 0 Å². The molecule has 0 rings (SSSR count). The third-order valence-electron chi connectivity index (χ3n) is 1.95. The predicted molar refractivity (Wildman–Crippen MR) is 78.4 cm³/mol. The molecule has 0 aromatic carbocycles. The molecule has 6 heteroatoms. The lowest BCUT2D eigenvalue weighted by Gasteiger charge is -2.05. The Morgan fingerprint density at radius 2 is 1.58 bits per heavy atom. The number of amides is 2. The molecule has 0 atom stereocenters. The summed E-state index contributed by atoms with van der Waals surface area (Å²) in [6.45, 7) is 13.1. The second kappa shape index (κ2) is 12.8. The Balaban J connectivity index is 0. The lowest BCUT2D eigenvalue weighted by atomic mass is 10.3. The first-order valence-electron chi connectivity index (χ1n) is 6.12. The van der Waals surface area contributed by atoms with Crippen molar-refractivity contribution in [1.29, 1.82) is 0 Å². The van der Waals surface area contributed by atoms with Crippen LogP contribution in [0.2, 0.25) is 0 Å². The van der Waals surface area contributed by atoms with E-state index in [-0.39, 0.29) is 5.91 Å². The number of hydrogen-bond donors (Lipinski definition) is 4. The highest BCUT2D eigenvalue weighted by Gasteiger charge is 1.98. The summed E-state index contributed by atoms with van der Waals surface area (Å²) in [4.78, 5) is 20.8. The molecule has 0 unspecified atom stereocenters. The zero-order chi connectivity index (χ0) is 15.3. The van der Waals surface area contributed by atoms with E-state index in [1.54, 1.807) is 13.8 Å². The molecular formula is C13H26N4O2. The van der Waals surface area contributed by atoms with Crippen molar-refractivity contribution in [3.8, 4) is 0 Å². The predicted octanol–water partition coefficient (Wildman–Crippen LogP) is -0.335. The Bertz CT molecular complexity index is 302. The number of hydrogen-bond acceptors (Lipinski definition) is 4. The Hall–Kier alpha value is -1.66. The molecule has 0 aliphatic rings. The molecule has 0 aliphatic heterocycles. The van der Waals surface area contributed by atoms with Crippen molar-refractivity contribution in [3.63, 3.8) is 0 Å². The van der Waals surface area contributed by atoms with E-state index in [0.717, 1.165) is 19.5 Å². The molecule has 2 amide bonds. The maximum absolute atomic E-state index is 11.0. The van der Waals surface area contributed by atoms with Gasteiger partial charge >= 0.3 is 0 Å². The van der Waals surface area contributed by atoms with E-state index in [9.17, 15) is 9.59 Å². The van der Waals surface area contributed by atoms with Gasteiger partial charge in [0.05, 0.1) is 0 Å². The topological polar surface area (TPSA) is 110 Å². The monoisotopic (exact) mass is 270 g/mol. The van der Waals surface area contributed by atoms with Gasteiger partial charge in [0.25, 0.3) is 0 Å². The van der Waals surface area contributed by atoms with Crippen LogP contribution in [0.15, 0.2) is 24.3 Å². The zero-order valence-corrected chi connectivity index (χ0v) is 11.9. The molecule has 0 bridgehead atoms. The molecule has 0 aromatic rings. The summed E-state index contributed by atoms with van der Waals surface area (Å²) in [6.07, 6.45) is 0.967. The number of nitrogens with two attached hydrogens (primary N) is 2. The van der Waals surface area contributed by atoms with Crippen LogP contribution in [0.1, 0.15) is 20.3 Å². The minimum atomic E-state index is -0.435. The highest BCUT2D eigenvalue weighted by molar-refractivity contribution is 5.92. The summed E-state index contributed by atoms with van der Waals surface area (Å²) in [6, 6.07) is 0. The second-order valence-electron chi connectivity index (χ2n) is 4.07. The van der Waals surface area contributed by atoms with Gasteiger partial charge in [0.1, 0.15) is 0 Å². The molecular weight excluding hydrogens is 244 g/mol. The van der Waals surface area contributed by atoms with Gasteiger partial charge in [0, 0.05) is 24.2 Å². The summed E-state index contributed by atoms with van der Waals surface area (Å²) < 4.78 is 0. The number of carbonyl (C=O) groups is 2. The molecule has 0 aromatic heterocycles. The minimum absolute atomic E-state index is 0.0828. The smallest absolute Gasteiger partial charge is 0.246 e. The molecule has 0 fully saturated rings. The van der Waals surface area contributed by atoms with E-state index in [0.29, 0.717) is 24.2 Å². The molecule has 0 aliphatic carbocycles. The molecule has 19 heavy (non-hydrogen) atoms. The van der Waals surface area contributed by atoms with Gasteiger partial charge in [-0.3, -0.25) is 9.59 Å². The fourth-order valence-electron chi connectivity index (χ4n) is 0.767. The van der Waals surface area contributed by atoms with Crippen molar-refractivity contribution in [1.82, 2.24) is 10.6 Å². The van der Waals surface area contributed by atoms with Gasteiger partial charge in [0.2, 0.25) is 11.8 Å². The molecule has 6 nitrogen and oxygen atoms in total. The van der Waals surface area contributed by atoms with Crippen LogP contribution >= 0.6 is 0 Å². The van der Waals surface area contributed by atoms with E-state index < -0.39 is 5.91 Å². The van der Waals surface area contributed by atoms with Crippen molar-refractivity contribution in [2.75, 3.05) is 26.2 Å². The maximum atomic E-state index is 11.0. The molecule has 0 saturated heterocycles. The molecule has 0 spiro atoms. The van der Waals surface area contributed by atoms with Gasteiger partial charge in [0.15, 0.2) is 0 Å². The first-order valence-corrected chi connectivity index (χ1v) is 6.12. The van der Waals surface area contributed by atoms with Gasteiger partial charge in [-0.2, -0.15) is 0 Å². The van der Waals surface area contributed by atoms with Gasteiger partial charge in [-0.25, -0.2) is 0 Å². The third-order valence-corrected chi connectivity index (χ3v) is 1.95. The summed E-state index contributed by atoms with van der Waals surface area (Å²) >= 11 is 0. The highest BCUT2D eigenvalue weighted by atomic mass is 16.2. The molecule has 0 saturated carbocycles. The molecule has 110 valence electrons. The van der Waals surface area contributed by atoms with Crippen molar-refractivity contribution in [2.24, 2.45) is 11.5 Å². The largest absolute Gasteiger partial charge is 0.366 e. The average molecular weight is 270 g/mol. The summed E-state index contributed by atoms with van der Waals surface area (Å²) in [5.74, 6) is -0.518. The van der Waals surface area contributed by atoms with Gasteiger partial charge < -0.3 is 22.1 Å². The van der Waals surface area contributed by atoms with Crippen LogP contribution in [0, 0.1) is 0 Å². The summed E-state index contributed by atoms with van der Waals surface area (Å²) in [7, 11) is 0. The van der Waals surface area contributed by atoms with E-state index in [2.05, 4.69) is 23.8 Å². The Morgan fingerprint density at radius 1 is 1.05 bits per heavy atom. The molecule has 0 radical (unpaired) electrons. The maximum Gasteiger partial charge on any atom is 0.246 e. The van der Waals surface area contributed by atoms with Gasteiger partial charge in [-0.15, -0.1) is 0 Å². The van der Waals surface area contributed by atoms with Crippen molar-refractivity contribution < 1.29 is 9.59 Å². The van der Waals surface area contributed by atoms with Crippen molar-refractivity contribution in [3.05, 3.63) is 24.3 Å². The first-order chi connectivity index (χ1) is 8.82. The fourth-order valence-corrected chi connectivity index (χ4v) is 0.767. The number of primary amides is 1. The summed E-state index contributed by atoms with van der Waals surface area (Å²) in [5, 5.41) is 5.88. The number of rotatable bonds is 8. The minimum Gasteiger partial charge on any atom is -0.366 e. The van der Waals surface area contributed by atoms with Crippen LogP contribution < -0.4 is 22.1 Å². The quantitative estimate of drug-likeness (QED) is 0.357. The van der Waals surface area contributed by atoms with E-state index >= 15 is 0 Å². The average Bonchev–Trinajstić information content (AvgIpc) is 2.33. The van der Waals surface area contributed by atoms with Crippen LogP contribution in [0.4, 0.5) is 0 Å². The normalized spacial score (nSPS) is 9.00. The number of carbonyl (C=O) groups excluding carboxylic acids is 2.